The summed E-state index contributed by atoms with van der Waals surface area (Å²) < 4.78 is 26.3. The standard InChI is InChI=1S/C6H12N4O3S/c1-14(11,12)4-2-3-8-6-10-9-5(7)13-6/h2-4H2,1H3,(H2,7,9)(H,8,10). The van der Waals surface area contributed by atoms with Gasteiger partial charge in [0.1, 0.15) is 9.84 Å². The molecule has 0 amide bonds. The van der Waals surface area contributed by atoms with Gasteiger partial charge in [0.05, 0.1) is 5.75 Å². The van der Waals surface area contributed by atoms with Crippen LogP contribution in [0.3, 0.4) is 0 Å². The number of hydrogen-bond acceptors (Lipinski definition) is 7. The first-order valence-electron chi connectivity index (χ1n) is 3.98. The van der Waals surface area contributed by atoms with Gasteiger partial charge in [-0.05, 0) is 6.42 Å². The molecule has 3 N–H and O–H groups in total. The van der Waals surface area contributed by atoms with Crippen LogP contribution in [0.5, 0.6) is 0 Å². The number of nitrogens with one attached hydrogen (secondary N) is 1. The van der Waals surface area contributed by atoms with E-state index in [9.17, 15) is 8.42 Å². The molecule has 0 spiro atoms. The summed E-state index contributed by atoms with van der Waals surface area (Å²) in [5.41, 5.74) is 5.18. The van der Waals surface area contributed by atoms with Gasteiger partial charge in [0.15, 0.2) is 0 Å². The van der Waals surface area contributed by atoms with E-state index in [-0.39, 0.29) is 17.8 Å². The Morgan fingerprint density at radius 3 is 2.71 bits per heavy atom. The zero-order valence-electron chi connectivity index (χ0n) is 7.73. The van der Waals surface area contributed by atoms with E-state index in [1.807, 2.05) is 0 Å². The molecule has 80 valence electrons. The molecule has 1 heterocycles. The fraction of sp³-hybridized carbons (Fsp3) is 0.667. The van der Waals surface area contributed by atoms with Crippen LogP contribution in [-0.4, -0.2) is 37.2 Å². The molecule has 0 aliphatic carbocycles. The molecular formula is C6H12N4O3S. The zero-order valence-corrected chi connectivity index (χ0v) is 8.54. The van der Waals surface area contributed by atoms with E-state index < -0.39 is 9.84 Å². The van der Waals surface area contributed by atoms with Crippen LogP contribution in [0.25, 0.3) is 0 Å². The highest BCUT2D eigenvalue weighted by Gasteiger charge is 2.03. The van der Waals surface area contributed by atoms with E-state index in [0.29, 0.717) is 13.0 Å². The van der Waals surface area contributed by atoms with Crippen molar-refractivity contribution in [3.63, 3.8) is 0 Å². The van der Waals surface area contributed by atoms with Crippen molar-refractivity contribution >= 4 is 21.9 Å². The van der Waals surface area contributed by atoms with Crippen molar-refractivity contribution in [2.75, 3.05) is 29.6 Å². The quantitative estimate of drug-likeness (QED) is 0.643. The van der Waals surface area contributed by atoms with Crippen molar-refractivity contribution in [1.29, 1.82) is 0 Å². The molecule has 8 heteroatoms. The van der Waals surface area contributed by atoms with Crippen molar-refractivity contribution in [2.45, 2.75) is 6.42 Å². The van der Waals surface area contributed by atoms with Gasteiger partial charge in [-0.1, -0.05) is 10.2 Å². The zero-order chi connectivity index (χ0) is 10.6. The fourth-order valence-corrected chi connectivity index (χ4v) is 1.50. The number of hydrogen-bond donors (Lipinski definition) is 2. The van der Waals surface area contributed by atoms with Crippen LogP contribution in [0.15, 0.2) is 4.42 Å². The third-order valence-corrected chi connectivity index (χ3v) is 2.44. The van der Waals surface area contributed by atoms with Crippen LogP contribution in [0, 0.1) is 0 Å². The van der Waals surface area contributed by atoms with E-state index >= 15 is 0 Å². The minimum absolute atomic E-state index is 0.0180. The number of nitrogens with zero attached hydrogens (tertiary/aromatic N) is 2. The molecule has 0 unspecified atom stereocenters. The first kappa shape index (κ1) is 10.8. The van der Waals surface area contributed by atoms with Gasteiger partial charge in [-0.2, -0.15) is 0 Å². The second-order valence-corrected chi connectivity index (χ2v) is 5.12. The Kier molecular flexibility index (Phi) is 3.28. The molecule has 0 fully saturated rings. The van der Waals surface area contributed by atoms with Gasteiger partial charge in [0.25, 0.3) is 0 Å². The van der Waals surface area contributed by atoms with Crippen molar-refractivity contribution in [1.82, 2.24) is 10.2 Å². The second-order valence-electron chi connectivity index (χ2n) is 2.86. The third-order valence-electron chi connectivity index (χ3n) is 1.41. The van der Waals surface area contributed by atoms with E-state index in [4.69, 9.17) is 10.2 Å². The molecule has 1 aromatic rings. The summed E-state index contributed by atoms with van der Waals surface area (Å²) in [5.74, 6) is 0.129. The SMILES string of the molecule is CS(=O)(=O)CCCNc1nnc(N)o1. The van der Waals surface area contributed by atoms with Gasteiger partial charge in [0.2, 0.25) is 0 Å². The topological polar surface area (TPSA) is 111 Å². The maximum atomic E-state index is 10.7. The summed E-state index contributed by atoms with van der Waals surface area (Å²) in [6.07, 6.45) is 1.68. The molecule has 0 saturated heterocycles. The van der Waals surface area contributed by atoms with Crippen LogP contribution in [0.1, 0.15) is 6.42 Å². The Bertz CT molecular complexity index is 386. The van der Waals surface area contributed by atoms with Crippen LogP contribution in [0.2, 0.25) is 0 Å². The normalized spacial score (nSPS) is 11.5. The van der Waals surface area contributed by atoms with Gasteiger partial charge in [-0.3, -0.25) is 0 Å². The first-order chi connectivity index (χ1) is 6.47. The van der Waals surface area contributed by atoms with E-state index in [2.05, 4.69) is 15.5 Å². The van der Waals surface area contributed by atoms with Gasteiger partial charge in [-0.15, -0.1) is 0 Å². The van der Waals surface area contributed by atoms with Gasteiger partial charge < -0.3 is 15.5 Å². The van der Waals surface area contributed by atoms with Crippen molar-refractivity contribution in [3.05, 3.63) is 0 Å². The molecule has 0 aromatic carbocycles. The lowest BCUT2D eigenvalue weighted by Gasteiger charge is -1.99. The molecule has 0 aliphatic rings. The molecular weight excluding hydrogens is 208 g/mol. The maximum absolute atomic E-state index is 10.7. The average Bonchev–Trinajstić information content (AvgIpc) is 2.44. The lowest BCUT2D eigenvalue weighted by atomic mass is 10.5. The molecule has 1 aromatic heterocycles. The van der Waals surface area contributed by atoms with E-state index in [1.165, 1.54) is 6.26 Å². The third kappa shape index (κ3) is 4.08. The number of nitrogen functional groups attached to an aromatic ring is 1. The largest absolute Gasteiger partial charge is 0.390 e. The molecule has 0 saturated carbocycles. The molecule has 0 atom stereocenters. The highest BCUT2D eigenvalue weighted by Crippen LogP contribution is 2.05. The summed E-state index contributed by atoms with van der Waals surface area (Å²) >= 11 is 0. The van der Waals surface area contributed by atoms with E-state index in [0.717, 1.165) is 0 Å². The lowest BCUT2D eigenvalue weighted by molar-refractivity contribution is 0.583. The lowest BCUT2D eigenvalue weighted by Crippen LogP contribution is -2.09. The minimum atomic E-state index is -2.90. The average molecular weight is 220 g/mol. The van der Waals surface area contributed by atoms with E-state index in [1.54, 1.807) is 0 Å². The molecule has 1 rings (SSSR count). The Labute approximate surface area is 81.6 Å². The molecule has 0 radical (unpaired) electrons. The Balaban J connectivity index is 2.23. The summed E-state index contributed by atoms with van der Waals surface area (Å²) in [6, 6.07) is 0.187. The molecule has 14 heavy (non-hydrogen) atoms. The summed E-state index contributed by atoms with van der Waals surface area (Å²) in [7, 11) is -2.90. The Morgan fingerprint density at radius 1 is 1.50 bits per heavy atom. The van der Waals surface area contributed by atoms with Gasteiger partial charge in [-0.25, -0.2) is 8.42 Å². The van der Waals surface area contributed by atoms with Crippen LogP contribution < -0.4 is 11.1 Å². The maximum Gasteiger partial charge on any atom is 0.316 e. The van der Waals surface area contributed by atoms with Gasteiger partial charge >= 0.3 is 12.0 Å². The Hall–Kier alpha value is -1.31. The summed E-state index contributed by atoms with van der Waals surface area (Å²) in [6.45, 7) is 0.453. The minimum Gasteiger partial charge on any atom is -0.390 e. The second kappa shape index (κ2) is 4.27. The van der Waals surface area contributed by atoms with Crippen LogP contribution >= 0.6 is 0 Å². The molecule has 7 nitrogen and oxygen atoms in total. The number of sulfone groups is 1. The first-order valence-corrected chi connectivity index (χ1v) is 6.04. The number of rotatable bonds is 5. The number of aromatic nitrogens is 2. The highest BCUT2D eigenvalue weighted by molar-refractivity contribution is 7.90. The van der Waals surface area contributed by atoms with Gasteiger partial charge in [0, 0.05) is 12.8 Å². The monoisotopic (exact) mass is 220 g/mol. The predicted molar refractivity (Wildman–Crippen MR) is 51.5 cm³/mol. The molecule has 0 bridgehead atoms. The highest BCUT2D eigenvalue weighted by atomic mass is 32.2. The number of nitrogens with two attached hydrogens (primary N) is 1. The fourth-order valence-electron chi connectivity index (χ4n) is 0.836. The Morgan fingerprint density at radius 2 is 2.21 bits per heavy atom. The summed E-state index contributed by atoms with van der Waals surface area (Å²) in [5, 5.41) is 9.73. The number of anilines is 2. The summed E-state index contributed by atoms with van der Waals surface area (Å²) in [4.78, 5) is 0. The van der Waals surface area contributed by atoms with Crippen LogP contribution in [-0.2, 0) is 9.84 Å². The van der Waals surface area contributed by atoms with Crippen molar-refractivity contribution in [2.24, 2.45) is 0 Å². The van der Waals surface area contributed by atoms with Crippen molar-refractivity contribution in [3.8, 4) is 0 Å². The van der Waals surface area contributed by atoms with Crippen molar-refractivity contribution < 1.29 is 12.8 Å². The predicted octanol–water partition coefficient (Wildman–Crippen LogP) is -0.502. The van der Waals surface area contributed by atoms with Crippen LogP contribution in [0.4, 0.5) is 12.0 Å². The molecule has 0 aliphatic heterocycles. The smallest absolute Gasteiger partial charge is 0.316 e.